The molecule has 90 valence electrons. The fourth-order valence-corrected chi connectivity index (χ4v) is 1.89. The lowest BCUT2D eigenvalue weighted by Crippen LogP contribution is -2.01. The summed E-state index contributed by atoms with van der Waals surface area (Å²) in [5.41, 5.74) is 0.930. The highest BCUT2D eigenvalue weighted by Crippen LogP contribution is 2.14. The third-order valence-electron chi connectivity index (χ3n) is 2.12. The summed E-state index contributed by atoms with van der Waals surface area (Å²) in [5, 5.41) is 6.12. The van der Waals surface area contributed by atoms with Gasteiger partial charge < -0.3 is 4.74 Å². The lowest BCUT2D eigenvalue weighted by Gasteiger charge is -2.04. The summed E-state index contributed by atoms with van der Waals surface area (Å²) >= 11 is 1.54. The van der Waals surface area contributed by atoms with E-state index in [9.17, 15) is 4.79 Å². The first kappa shape index (κ1) is 11.8. The minimum absolute atomic E-state index is 0.278. The number of nitrogens with one attached hydrogen (secondary N) is 2. The number of aryl methyl sites for hydroxylation is 1. The number of rotatable bonds is 5. The second-order valence-corrected chi connectivity index (χ2v) is 4.48. The van der Waals surface area contributed by atoms with Crippen LogP contribution in [0.25, 0.3) is 0 Å². The molecule has 0 aliphatic heterocycles. The largest absolute Gasteiger partial charge is 0.483 e. The van der Waals surface area contributed by atoms with E-state index < -0.39 is 0 Å². The van der Waals surface area contributed by atoms with Crippen molar-refractivity contribution in [1.82, 2.24) is 15.2 Å². The number of ether oxygens (including phenoxy) is 1. The van der Waals surface area contributed by atoms with E-state index in [1.807, 2.05) is 31.2 Å². The van der Waals surface area contributed by atoms with Crippen LogP contribution < -0.4 is 10.4 Å². The van der Waals surface area contributed by atoms with Crippen molar-refractivity contribution in [2.24, 2.45) is 0 Å². The highest BCUT2D eigenvalue weighted by Gasteiger charge is 1.98. The van der Waals surface area contributed by atoms with Crippen LogP contribution in [0.4, 0.5) is 0 Å². The third kappa shape index (κ3) is 3.67. The summed E-state index contributed by atoms with van der Waals surface area (Å²) in [4.78, 5) is 13.3. The number of thioether (sulfide) groups is 1. The zero-order valence-electron chi connectivity index (χ0n) is 9.40. The van der Waals surface area contributed by atoms with E-state index in [4.69, 9.17) is 4.74 Å². The molecule has 5 nitrogen and oxygen atoms in total. The van der Waals surface area contributed by atoms with Crippen LogP contribution in [0.15, 0.2) is 29.1 Å². The number of hydrogen-bond acceptors (Lipinski definition) is 4. The Bertz CT molecular complexity index is 518. The molecule has 0 amide bonds. The second-order valence-electron chi connectivity index (χ2n) is 3.55. The quantitative estimate of drug-likeness (QED) is 0.626. The second kappa shape index (κ2) is 5.58. The van der Waals surface area contributed by atoms with Gasteiger partial charge in [-0.3, -0.25) is 4.98 Å². The summed E-state index contributed by atoms with van der Waals surface area (Å²) in [7, 11) is 0. The van der Waals surface area contributed by atoms with Crippen molar-refractivity contribution in [1.29, 1.82) is 0 Å². The molecule has 17 heavy (non-hydrogen) atoms. The first-order chi connectivity index (χ1) is 8.24. The van der Waals surface area contributed by atoms with Gasteiger partial charge in [0.15, 0.2) is 0 Å². The molecule has 0 radical (unpaired) electrons. The normalized spacial score (nSPS) is 10.4. The smallest absolute Gasteiger partial charge is 0.340 e. The predicted molar refractivity (Wildman–Crippen MR) is 67.2 cm³/mol. The molecular weight excluding hydrogens is 238 g/mol. The Labute approximate surface area is 103 Å². The van der Waals surface area contributed by atoms with Crippen molar-refractivity contribution in [3.63, 3.8) is 0 Å². The van der Waals surface area contributed by atoms with Gasteiger partial charge in [-0.2, -0.15) is 5.10 Å². The molecule has 1 aromatic heterocycles. The van der Waals surface area contributed by atoms with Crippen LogP contribution in [0.2, 0.25) is 0 Å². The van der Waals surface area contributed by atoms with E-state index in [1.54, 1.807) is 11.8 Å². The van der Waals surface area contributed by atoms with E-state index in [1.165, 1.54) is 5.56 Å². The van der Waals surface area contributed by atoms with Gasteiger partial charge in [-0.1, -0.05) is 17.7 Å². The van der Waals surface area contributed by atoms with Gasteiger partial charge in [0.1, 0.15) is 17.5 Å². The fraction of sp³-hybridized carbons (Fsp3) is 0.273. The van der Waals surface area contributed by atoms with Crippen LogP contribution in [0.5, 0.6) is 5.75 Å². The molecule has 0 aliphatic rings. The van der Waals surface area contributed by atoms with E-state index in [2.05, 4.69) is 15.2 Å². The van der Waals surface area contributed by atoms with E-state index in [0.29, 0.717) is 17.5 Å². The summed E-state index contributed by atoms with van der Waals surface area (Å²) in [5.74, 6) is 2.62. The van der Waals surface area contributed by atoms with Crippen LogP contribution in [0.3, 0.4) is 0 Å². The molecule has 0 spiro atoms. The Hall–Kier alpha value is -1.69. The Morgan fingerprint density at radius 3 is 2.76 bits per heavy atom. The fourth-order valence-electron chi connectivity index (χ4n) is 1.26. The third-order valence-corrected chi connectivity index (χ3v) is 2.88. The molecule has 0 saturated carbocycles. The maximum atomic E-state index is 10.8. The van der Waals surface area contributed by atoms with Crippen LogP contribution in [0.1, 0.15) is 11.4 Å². The molecule has 1 heterocycles. The van der Waals surface area contributed by atoms with Gasteiger partial charge in [-0.05, 0) is 19.1 Å². The van der Waals surface area contributed by atoms with Crippen molar-refractivity contribution < 1.29 is 4.74 Å². The Balaban J connectivity index is 1.73. The Kier molecular flexibility index (Phi) is 3.87. The maximum absolute atomic E-state index is 10.8. The summed E-state index contributed by atoms with van der Waals surface area (Å²) in [6, 6.07) is 7.88. The summed E-state index contributed by atoms with van der Waals surface area (Å²) < 4.78 is 5.52. The molecule has 6 heteroatoms. The van der Waals surface area contributed by atoms with Crippen molar-refractivity contribution in [2.45, 2.75) is 12.7 Å². The monoisotopic (exact) mass is 251 g/mol. The first-order valence-corrected chi connectivity index (χ1v) is 6.30. The van der Waals surface area contributed by atoms with Crippen molar-refractivity contribution in [2.75, 3.05) is 5.94 Å². The molecule has 0 bridgehead atoms. The lowest BCUT2D eigenvalue weighted by atomic mass is 10.2. The Morgan fingerprint density at radius 2 is 2.12 bits per heavy atom. The van der Waals surface area contributed by atoms with Gasteiger partial charge >= 0.3 is 5.69 Å². The average molecular weight is 251 g/mol. The van der Waals surface area contributed by atoms with Crippen molar-refractivity contribution in [3.8, 4) is 5.75 Å². The van der Waals surface area contributed by atoms with E-state index >= 15 is 0 Å². The molecule has 0 atom stereocenters. The topological polar surface area (TPSA) is 70.8 Å². The molecule has 0 saturated heterocycles. The maximum Gasteiger partial charge on any atom is 0.340 e. The standard InChI is InChI=1S/C11H13N3O2S/c1-8-2-4-9(5-3-8)16-7-17-6-10-12-11(15)14-13-10/h2-5H,6-7H2,1H3,(H2,12,13,14,15). The first-order valence-electron chi connectivity index (χ1n) is 5.15. The number of hydrogen-bond donors (Lipinski definition) is 2. The molecule has 2 N–H and O–H groups in total. The molecule has 2 aromatic rings. The molecule has 0 fully saturated rings. The van der Waals surface area contributed by atoms with Gasteiger partial charge in [-0.25, -0.2) is 9.89 Å². The minimum atomic E-state index is -0.278. The number of H-pyrrole nitrogens is 2. The van der Waals surface area contributed by atoms with Gasteiger partial charge in [0, 0.05) is 0 Å². The average Bonchev–Trinajstić information content (AvgIpc) is 2.73. The Morgan fingerprint density at radius 1 is 1.35 bits per heavy atom. The molecular formula is C11H13N3O2S. The van der Waals surface area contributed by atoms with Crippen molar-refractivity contribution in [3.05, 3.63) is 46.1 Å². The van der Waals surface area contributed by atoms with Gasteiger partial charge in [0.05, 0.1) is 5.75 Å². The highest BCUT2D eigenvalue weighted by molar-refractivity contribution is 7.98. The molecule has 0 unspecified atom stereocenters. The molecule has 2 rings (SSSR count). The van der Waals surface area contributed by atoms with Crippen LogP contribution >= 0.6 is 11.8 Å². The number of aromatic amines is 2. The van der Waals surface area contributed by atoms with Crippen LogP contribution in [-0.4, -0.2) is 21.1 Å². The van der Waals surface area contributed by atoms with E-state index in [-0.39, 0.29) is 5.69 Å². The van der Waals surface area contributed by atoms with Gasteiger partial charge in [-0.15, -0.1) is 11.8 Å². The highest BCUT2D eigenvalue weighted by atomic mass is 32.2. The van der Waals surface area contributed by atoms with Crippen molar-refractivity contribution >= 4 is 11.8 Å². The van der Waals surface area contributed by atoms with Crippen LogP contribution in [-0.2, 0) is 5.75 Å². The zero-order valence-corrected chi connectivity index (χ0v) is 10.2. The van der Waals surface area contributed by atoms with Gasteiger partial charge in [0.2, 0.25) is 0 Å². The lowest BCUT2D eigenvalue weighted by molar-refractivity contribution is 0.393. The summed E-state index contributed by atoms with van der Waals surface area (Å²) in [6.45, 7) is 2.03. The molecule has 1 aromatic carbocycles. The van der Waals surface area contributed by atoms with Crippen LogP contribution in [0, 0.1) is 6.92 Å². The minimum Gasteiger partial charge on any atom is -0.483 e. The van der Waals surface area contributed by atoms with E-state index in [0.717, 1.165) is 5.75 Å². The molecule has 0 aliphatic carbocycles. The number of aromatic nitrogens is 3. The van der Waals surface area contributed by atoms with Gasteiger partial charge in [0.25, 0.3) is 0 Å². The number of benzene rings is 1. The summed E-state index contributed by atoms with van der Waals surface area (Å²) in [6.07, 6.45) is 0. The SMILES string of the molecule is Cc1ccc(OCSCc2n[nH]c(=O)[nH]2)cc1. The zero-order chi connectivity index (χ0) is 12.1. The predicted octanol–water partition coefficient (Wildman–Crippen LogP) is 1.68. The number of nitrogens with zero attached hydrogens (tertiary/aromatic N) is 1.